The van der Waals surface area contributed by atoms with Crippen LogP contribution in [0.25, 0.3) is 0 Å². The second kappa shape index (κ2) is 12.0. The zero-order chi connectivity index (χ0) is 31.3. The van der Waals surface area contributed by atoms with Gasteiger partial charge in [0, 0.05) is 18.1 Å². The molecule has 0 amide bonds. The number of carbonyl (C=O) groups is 1. The van der Waals surface area contributed by atoms with E-state index in [9.17, 15) is 25.0 Å². The van der Waals surface area contributed by atoms with E-state index in [0.29, 0.717) is 23.7 Å². The lowest BCUT2D eigenvalue weighted by Gasteiger charge is -2.58. The molecule has 0 saturated heterocycles. The van der Waals surface area contributed by atoms with E-state index < -0.39 is 27.2 Å². The first-order valence-electron chi connectivity index (χ1n) is 16.6. The molecule has 0 spiro atoms. The summed E-state index contributed by atoms with van der Waals surface area (Å²) in [5.41, 5.74) is 0.995. The topological polar surface area (TPSA) is 113 Å². The summed E-state index contributed by atoms with van der Waals surface area (Å²) in [7, 11) is 0. The normalized spacial score (nSPS) is 34.0. The Morgan fingerprint density at radius 1 is 1.00 bits per heavy atom. The molecule has 8 nitrogen and oxygen atoms in total. The summed E-state index contributed by atoms with van der Waals surface area (Å²) >= 11 is 0. The summed E-state index contributed by atoms with van der Waals surface area (Å²) in [5.74, 6) is 3.82. The monoisotopic (exact) mass is 594 g/mol. The van der Waals surface area contributed by atoms with Gasteiger partial charge in [0.2, 0.25) is 0 Å². The van der Waals surface area contributed by atoms with Gasteiger partial charge in [0.1, 0.15) is 6.10 Å². The van der Waals surface area contributed by atoms with Gasteiger partial charge in [-0.2, -0.15) is 0 Å². The zero-order valence-corrected chi connectivity index (χ0v) is 26.9. The molecule has 1 aromatic carbocycles. The van der Waals surface area contributed by atoms with Gasteiger partial charge < -0.3 is 4.74 Å². The number of benzene rings is 1. The number of esters is 1. The minimum atomic E-state index is -0.722. The molecule has 0 N–H and O–H groups in total. The van der Waals surface area contributed by atoms with Crippen LogP contribution < -0.4 is 0 Å². The fraction of sp³-hybridized carbons (Fsp3) is 0.743. The highest BCUT2D eigenvalue weighted by molar-refractivity contribution is 5.93. The predicted molar refractivity (Wildman–Crippen MR) is 167 cm³/mol. The Hall–Kier alpha value is -2.77. The van der Waals surface area contributed by atoms with Crippen LogP contribution in [0.4, 0.5) is 11.4 Å². The minimum absolute atomic E-state index is 0.0929. The number of carbonyl (C=O) groups excluding carboxylic acids is 1. The van der Waals surface area contributed by atoms with Crippen molar-refractivity contribution in [3.05, 3.63) is 55.1 Å². The number of nitro groups is 2. The molecular formula is C35H50N2O6. The smallest absolute Gasteiger partial charge is 0.339 e. The fourth-order valence-corrected chi connectivity index (χ4v) is 10.2. The number of hydrogen-bond acceptors (Lipinski definition) is 6. The summed E-state index contributed by atoms with van der Waals surface area (Å²) < 4.78 is 5.91. The van der Waals surface area contributed by atoms with Crippen molar-refractivity contribution in [2.45, 2.75) is 118 Å². The fourth-order valence-electron chi connectivity index (χ4n) is 10.2. The van der Waals surface area contributed by atoms with Gasteiger partial charge in [-0.3, -0.25) is 20.2 Å². The maximum atomic E-state index is 13.2. The largest absolute Gasteiger partial charge is 0.458 e. The first kappa shape index (κ1) is 31.6. The van der Waals surface area contributed by atoms with Gasteiger partial charge in [-0.25, -0.2) is 4.79 Å². The summed E-state index contributed by atoms with van der Waals surface area (Å²) in [6.07, 6.45) is 14.9. The van der Waals surface area contributed by atoms with E-state index in [1.807, 2.05) is 0 Å². The number of hydrogen-bond donors (Lipinski definition) is 0. The molecule has 3 saturated carbocycles. The summed E-state index contributed by atoms with van der Waals surface area (Å²) in [6, 6.07) is 2.00. The van der Waals surface area contributed by atoms with Crippen molar-refractivity contribution in [2.75, 3.05) is 0 Å². The van der Waals surface area contributed by atoms with Crippen molar-refractivity contribution >= 4 is 17.3 Å². The molecule has 5 rings (SSSR count). The van der Waals surface area contributed by atoms with Gasteiger partial charge in [-0.15, -0.1) is 0 Å². The van der Waals surface area contributed by atoms with Crippen molar-refractivity contribution < 1.29 is 19.4 Å². The lowest BCUT2D eigenvalue weighted by atomic mass is 9.47. The minimum Gasteiger partial charge on any atom is -0.458 e. The van der Waals surface area contributed by atoms with Crippen LogP contribution in [0, 0.1) is 73.5 Å². The van der Waals surface area contributed by atoms with Gasteiger partial charge >= 0.3 is 5.97 Å². The molecule has 3 fully saturated rings. The SMILES string of the molecule is Cc1c(C(=O)O[C@H]2CC[C@@]3(C)C(=CC[C@H]4[C@@H]5CC[C@H]([C@H](C)CCCC(C)C)[C@@]5(C)CC[C@@H]43)C2)cc([N+](=O)[O-])cc1[N+](=O)[O-]. The molecule has 4 aliphatic carbocycles. The van der Waals surface area contributed by atoms with Gasteiger partial charge in [-0.1, -0.05) is 65.5 Å². The van der Waals surface area contributed by atoms with E-state index in [0.717, 1.165) is 55.1 Å². The highest BCUT2D eigenvalue weighted by Gasteiger charge is 2.59. The van der Waals surface area contributed by atoms with Gasteiger partial charge in [0.15, 0.2) is 0 Å². The molecule has 236 valence electrons. The molecule has 8 atom stereocenters. The highest BCUT2D eigenvalue weighted by atomic mass is 16.6. The predicted octanol–water partition coefficient (Wildman–Crippen LogP) is 9.38. The Morgan fingerprint density at radius 3 is 2.42 bits per heavy atom. The maximum Gasteiger partial charge on any atom is 0.339 e. The molecule has 0 heterocycles. The first-order valence-corrected chi connectivity index (χ1v) is 16.6. The zero-order valence-electron chi connectivity index (χ0n) is 26.9. The number of ether oxygens (including phenoxy) is 1. The third-order valence-corrected chi connectivity index (χ3v) is 12.5. The van der Waals surface area contributed by atoms with Crippen molar-refractivity contribution in [1.29, 1.82) is 0 Å². The Balaban J connectivity index is 1.28. The third-order valence-electron chi connectivity index (χ3n) is 12.5. The number of rotatable bonds is 9. The van der Waals surface area contributed by atoms with Crippen LogP contribution in [0.15, 0.2) is 23.8 Å². The molecule has 0 bridgehead atoms. The van der Waals surface area contributed by atoms with E-state index in [-0.39, 0.29) is 22.6 Å². The molecule has 4 aliphatic rings. The van der Waals surface area contributed by atoms with Crippen molar-refractivity contribution in [2.24, 2.45) is 46.3 Å². The Labute approximate surface area is 256 Å². The van der Waals surface area contributed by atoms with Crippen LogP contribution >= 0.6 is 0 Å². The first-order chi connectivity index (χ1) is 20.3. The van der Waals surface area contributed by atoms with Crippen LogP contribution in [0.5, 0.6) is 0 Å². The van der Waals surface area contributed by atoms with Crippen molar-refractivity contribution in [1.82, 2.24) is 0 Å². The standard InChI is InChI=1S/C35H50N2O6/c1-21(2)8-7-9-22(3)29-12-13-30-27-11-10-24-18-26(14-16-34(24,5)31(27)15-17-35(29,30)6)43-33(38)28-19-25(36(39)40)20-32(23(28)4)37(41)42/h10,19-22,26-27,29-31H,7-9,11-18H2,1-6H3/t22-,26+,27+,29-,30+,31+,34+,35-/m1/s1. The van der Waals surface area contributed by atoms with Crippen LogP contribution in [0.3, 0.4) is 0 Å². The maximum absolute atomic E-state index is 13.2. The lowest BCUT2D eigenvalue weighted by molar-refractivity contribution is -0.394. The molecule has 0 unspecified atom stereocenters. The second-order valence-corrected chi connectivity index (χ2v) is 15.2. The van der Waals surface area contributed by atoms with E-state index in [4.69, 9.17) is 4.74 Å². The molecule has 0 aromatic heterocycles. The van der Waals surface area contributed by atoms with E-state index in [1.165, 1.54) is 57.4 Å². The van der Waals surface area contributed by atoms with E-state index >= 15 is 0 Å². The molecule has 43 heavy (non-hydrogen) atoms. The Kier molecular flexibility index (Phi) is 8.80. The lowest BCUT2D eigenvalue weighted by Crippen LogP contribution is -2.51. The molecule has 0 aliphatic heterocycles. The van der Waals surface area contributed by atoms with Gasteiger partial charge in [0.25, 0.3) is 11.4 Å². The highest BCUT2D eigenvalue weighted by Crippen LogP contribution is 2.67. The molecular weight excluding hydrogens is 544 g/mol. The second-order valence-electron chi connectivity index (χ2n) is 15.2. The summed E-state index contributed by atoms with van der Waals surface area (Å²) in [4.78, 5) is 34.7. The number of nitrogens with zero attached hydrogens (tertiary/aromatic N) is 2. The van der Waals surface area contributed by atoms with Crippen molar-refractivity contribution in [3.63, 3.8) is 0 Å². The third kappa shape index (κ3) is 5.75. The molecule has 1 aromatic rings. The average molecular weight is 595 g/mol. The molecule has 0 radical (unpaired) electrons. The Bertz CT molecular complexity index is 1310. The number of nitro benzene ring substituents is 2. The van der Waals surface area contributed by atoms with Crippen LogP contribution in [0.2, 0.25) is 0 Å². The van der Waals surface area contributed by atoms with Crippen LogP contribution in [-0.4, -0.2) is 21.9 Å². The summed E-state index contributed by atoms with van der Waals surface area (Å²) in [6.45, 7) is 13.7. The van der Waals surface area contributed by atoms with Crippen LogP contribution in [-0.2, 0) is 4.74 Å². The van der Waals surface area contributed by atoms with Gasteiger partial charge in [-0.05, 0) is 98.2 Å². The Morgan fingerprint density at radius 2 is 1.74 bits per heavy atom. The number of non-ortho nitro benzene ring substituents is 1. The van der Waals surface area contributed by atoms with E-state index in [2.05, 4.69) is 40.7 Å². The quantitative estimate of drug-likeness (QED) is 0.122. The summed E-state index contributed by atoms with van der Waals surface area (Å²) in [5, 5.41) is 22.9. The number of allylic oxidation sites excluding steroid dienone is 1. The molecule has 8 heteroatoms. The van der Waals surface area contributed by atoms with Gasteiger partial charge in [0.05, 0.1) is 21.5 Å². The van der Waals surface area contributed by atoms with Crippen LogP contribution in [0.1, 0.15) is 121 Å². The average Bonchev–Trinajstić information content (AvgIpc) is 3.30. The van der Waals surface area contributed by atoms with E-state index in [1.54, 1.807) is 0 Å². The number of fused-ring (bicyclic) bond motifs is 5. The van der Waals surface area contributed by atoms with Crippen molar-refractivity contribution in [3.8, 4) is 0 Å².